The van der Waals surface area contributed by atoms with Gasteiger partial charge in [0.15, 0.2) is 5.78 Å². The molecule has 3 rings (SSSR count). The molecule has 4 atom stereocenters. The lowest BCUT2D eigenvalue weighted by Crippen LogP contribution is -2.52. The summed E-state index contributed by atoms with van der Waals surface area (Å²) in [4.78, 5) is 24.3. The van der Waals surface area contributed by atoms with Crippen LogP contribution in [0.1, 0.15) is 52.9 Å². The van der Waals surface area contributed by atoms with E-state index < -0.39 is 10.1 Å². The van der Waals surface area contributed by atoms with E-state index in [4.69, 9.17) is 8.92 Å². The van der Waals surface area contributed by atoms with Gasteiger partial charge in [-0.05, 0) is 67.4 Å². The van der Waals surface area contributed by atoms with E-state index in [1.54, 1.807) is 6.08 Å². The van der Waals surface area contributed by atoms with E-state index >= 15 is 0 Å². The number of hydrogen-bond acceptors (Lipinski definition) is 6. The molecule has 3 aliphatic rings. The van der Waals surface area contributed by atoms with E-state index in [0.717, 1.165) is 24.7 Å². The number of carbonyl (C=O) groups is 2. The topological polar surface area (TPSA) is 86.7 Å². The Kier molecular flexibility index (Phi) is 5.62. The molecule has 1 fully saturated rings. The molecule has 0 unspecified atom stereocenters. The van der Waals surface area contributed by atoms with E-state index in [2.05, 4.69) is 13.8 Å². The summed E-state index contributed by atoms with van der Waals surface area (Å²) in [6.07, 6.45) is 8.05. The second kappa shape index (κ2) is 7.41. The summed E-state index contributed by atoms with van der Waals surface area (Å²) in [6.45, 7) is 6.80. The number of ether oxygens (including phenoxy) is 1. The monoisotopic (exact) mass is 410 g/mol. The molecular formula is C21H30O6S. The first-order valence-electron chi connectivity index (χ1n) is 9.88. The highest BCUT2D eigenvalue weighted by Gasteiger charge is 2.55. The summed E-state index contributed by atoms with van der Waals surface area (Å²) in [6, 6.07) is 0. The van der Waals surface area contributed by atoms with Crippen LogP contribution in [0.15, 0.2) is 23.3 Å². The number of fused-ring (bicyclic) bond motifs is 1. The highest BCUT2D eigenvalue weighted by atomic mass is 32.2. The highest BCUT2D eigenvalue weighted by Crippen LogP contribution is 2.61. The van der Waals surface area contributed by atoms with Crippen LogP contribution in [0.25, 0.3) is 0 Å². The predicted molar refractivity (Wildman–Crippen MR) is 105 cm³/mol. The molecule has 7 heteroatoms. The molecule has 0 radical (unpaired) electrons. The van der Waals surface area contributed by atoms with Crippen molar-refractivity contribution >= 4 is 21.9 Å². The van der Waals surface area contributed by atoms with Crippen molar-refractivity contribution in [3.05, 3.63) is 23.3 Å². The van der Waals surface area contributed by atoms with Crippen LogP contribution in [0.4, 0.5) is 0 Å². The van der Waals surface area contributed by atoms with Crippen molar-refractivity contribution < 1.29 is 26.9 Å². The van der Waals surface area contributed by atoms with Gasteiger partial charge < -0.3 is 4.74 Å². The third kappa shape index (κ3) is 3.96. The largest absolute Gasteiger partial charge is 0.458 e. The first-order chi connectivity index (χ1) is 13.0. The van der Waals surface area contributed by atoms with Crippen LogP contribution < -0.4 is 0 Å². The molecule has 1 aliphatic heterocycles. The minimum Gasteiger partial charge on any atom is -0.458 e. The quantitative estimate of drug-likeness (QED) is 0.494. The van der Waals surface area contributed by atoms with Crippen molar-refractivity contribution in [2.45, 2.75) is 52.9 Å². The lowest BCUT2D eigenvalue weighted by Gasteiger charge is -2.58. The molecule has 0 spiro atoms. The standard InChI is InChI=1S/C21H30O6S/c1-14-11-17(22)12-18-20(14,2)9-6-16(13-27-28(4,24)25)21(18,3)8-5-15-7-10-26-19(15)23/h7,11,16,18H,5-6,8-10,12-13H2,1-4H3/t16-,18+,20+,21+/m0/s1. The van der Waals surface area contributed by atoms with Gasteiger partial charge in [0.05, 0.1) is 12.9 Å². The molecule has 28 heavy (non-hydrogen) atoms. The van der Waals surface area contributed by atoms with Gasteiger partial charge in [-0.3, -0.25) is 8.98 Å². The van der Waals surface area contributed by atoms with Gasteiger partial charge >= 0.3 is 5.97 Å². The zero-order valence-electron chi connectivity index (χ0n) is 17.1. The second-order valence-electron chi connectivity index (χ2n) is 9.03. The summed E-state index contributed by atoms with van der Waals surface area (Å²) in [5.41, 5.74) is 1.34. The average Bonchev–Trinajstić information content (AvgIpc) is 2.99. The molecule has 0 aromatic carbocycles. The van der Waals surface area contributed by atoms with Gasteiger partial charge in [0, 0.05) is 12.0 Å². The Balaban J connectivity index is 1.91. The van der Waals surface area contributed by atoms with Crippen molar-refractivity contribution in [2.24, 2.45) is 22.7 Å². The summed E-state index contributed by atoms with van der Waals surface area (Å²) in [5.74, 6) is -0.0771. The number of esters is 1. The summed E-state index contributed by atoms with van der Waals surface area (Å²) in [7, 11) is -3.54. The Labute approximate surface area is 167 Å². The average molecular weight is 411 g/mol. The van der Waals surface area contributed by atoms with E-state index in [-0.39, 0.29) is 41.0 Å². The SMILES string of the molecule is CC1=CC(=O)C[C@H]2[C@](C)(CCC3=CCOC3=O)[C@H](COS(C)(=O)=O)CC[C@]12C. The predicted octanol–water partition coefficient (Wildman–Crippen LogP) is 3.18. The Morgan fingerprint density at radius 3 is 2.61 bits per heavy atom. The van der Waals surface area contributed by atoms with E-state index in [1.165, 1.54) is 0 Å². The van der Waals surface area contributed by atoms with Gasteiger partial charge in [0.1, 0.15) is 6.61 Å². The zero-order chi connectivity index (χ0) is 20.7. The highest BCUT2D eigenvalue weighted by molar-refractivity contribution is 7.85. The van der Waals surface area contributed by atoms with Gasteiger partial charge in [-0.25, -0.2) is 4.79 Å². The zero-order valence-corrected chi connectivity index (χ0v) is 17.9. The van der Waals surface area contributed by atoms with Gasteiger partial charge in [0.25, 0.3) is 10.1 Å². The molecule has 0 aromatic heterocycles. The van der Waals surface area contributed by atoms with Gasteiger partial charge in [0.2, 0.25) is 0 Å². The number of ketones is 1. The lowest BCUT2D eigenvalue weighted by molar-refractivity contribution is -0.136. The van der Waals surface area contributed by atoms with Crippen molar-refractivity contribution in [3.63, 3.8) is 0 Å². The van der Waals surface area contributed by atoms with E-state index in [9.17, 15) is 18.0 Å². The van der Waals surface area contributed by atoms with Gasteiger partial charge in [-0.2, -0.15) is 8.42 Å². The maximum atomic E-state index is 12.4. The number of carbonyl (C=O) groups excluding carboxylic acids is 2. The Morgan fingerprint density at radius 1 is 1.29 bits per heavy atom. The normalized spacial score (nSPS) is 35.9. The van der Waals surface area contributed by atoms with E-state index in [0.29, 0.717) is 31.4 Å². The fourth-order valence-electron chi connectivity index (χ4n) is 5.45. The number of hydrogen-bond donors (Lipinski definition) is 0. The molecule has 0 bridgehead atoms. The van der Waals surface area contributed by atoms with Crippen molar-refractivity contribution in [3.8, 4) is 0 Å². The number of rotatable bonds is 6. The smallest absolute Gasteiger partial charge is 0.334 e. The molecule has 0 amide bonds. The first kappa shape index (κ1) is 21.2. The molecule has 2 aliphatic carbocycles. The van der Waals surface area contributed by atoms with Crippen LogP contribution in [0, 0.1) is 22.7 Å². The second-order valence-corrected chi connectivity index (χ2v) is 10.7. The van der Waals surface area contributed by atoms with Crippen molar-refractivity contribution in [2.75, 3.05) is 19.5 Å². The van der Waals surface area contributed by atoms with Crippen LogP contribution in [0.5, 0.6) is 0 Å². The van der Waals surface area contributed by atoms with Crippen LogP contribution in [0.2, 0.25) is 0 Å². The van der Waals surface area contributed by atoms with Gasteiger partial charge in [-0.1, -0.05) is 19.4 Å². The maximum absolute atomic E-state index is 12.4. The van der Waals surface area contributed by atoms with Crippen LogP contribution in [0.3, 0.4) is 0 Å². The molecular weight excluding hydrogens is 380 g/mol. The Hall–Kier alpha value is -1.47. The van der Waals surface area contributed by atoms with E-state index in [1.807, 2.05) is 13.0 Å². The molecule has 0 saturated heterocycles. The third-order valence-corrected chi connectivity index (χ3v) is 7.98. The minimum absolute atomic E-state index is 0.00276. The maximum Gasteiger partial charge on any atom is 0.334 e. The third-order valence-electron chi connectivity index (χ3n) is 7.42. The molecule has 1 saturated carbocycles. The fourth-order valence-corrected chi connectivity index (χ4v) is 5.86. The molecule has 1 heterocycles. The molecule has 0 aromatic rings. The lowest BCUT2D eigenvalue weighted by atomic mass is 9.46. The summed E-state index contributed by atoms with van der Waals surface area (Å²) < 4.78 is 33.4. The summed E-state index contributed by atoms with van der Waals surface area (Å²) in [5, 5.41) is 0. The van der Waals surface area contributed by atoms with Crippen LogP contribution in [-0.4, -0.2) is 39.6 Å². The number of allylic oxidation sites excluding steroid dienone is 2. The first-order valence-corrected chi connectivity index (χ1v) is 11.7. The summed E-state index contributed by atoms with van der Waals surface area (Å²) >= 11 is 0. The number of cyclic esters (lactones) is 1. The molecule has 0 N–H and O–H groups in total. The Bertz CT molecular complexity index is 839. The van der Waals surface area contributed by atoms with Crippen molar-refractivity contribution in [1.29, 1.82) is 0 Å². The van der Waals surface area contributed by atoms with Gasteiger partial charge in [-0.15, -0.1) is 0 Å². The Morgan fingerprint density at radius 2 is 2.00 bits per heavy atom. The van der Waals surface area contributed by atoms with Crippen LogP contribution in [-0.2, 0) is 28.6 Å². The molecule has 156 valence electrons. The minimum atomic E-state index is -3.54. The molecule has 6 nitrogen and oxygen atoms in total. The fraction of sp³-hybridized carbons (Fsp3) is 0.714. The van der Waals surface area contributed by atoms with Crippen molar-refractivity contribution in [1.82, 2.24) is 0 Å². The van der Waals surface area contributed by atoms with Crippen LogP contribution >= 0.6 is 0 Å².